The van der Waals surface area contributed by atoms with E-state index >= 15 is 0 Å². The summed E-state index contributed by atoms with van der Waals surface area (Å²) in [6.45, 7) is 1.55. The van der Waals surface area contributed by atoms with Gasteiger partial charge in [0.25, 0.3) is 0 Å². The summed E-state index contributed by atoms with van der Waals surface area (Å²) in [7, 11) is 0. The zero-order chi connectivity index (χ0) is 14.8. The first kappa shape index (κ1) is 14.6. The minimum Gasteiger partial charge on any atom is -0.480 e. The molecule has 4 nitrogen and oxygen atoms in total. The number of nitrogens with one attached hydrogen (secondary N) is 1. The number of likely N-dealkylation sites (tertiary alicyclic amines) is 1. The first-order valence-electron chi connectivity index (χ1n) is 7.37. The summed E-state index contributed by atoms with van der Waals surface area (Å²) in [6, 6.07) is 5.79. The molecule has 0 amide bonds. The standard InChI is InChI=1S/C16H19BrN2O2/c17-12-5-6-14-13(8-12)11(9-18-14)10-19-7-3-1-2-4-15(19)16(20)21/h5-6,8-9,15,18H,1-4,7,10H2,(H,20,21). The SMILES string of the molecule is O=C(O)C1CCCCCN1Cc1c[nH]c2ccc(Br)cc12. The Kier molecular flexibility index (Phi) is 4.31. The molecule has 3 rings (SSSR count). The molecule has 2 aromatic rings. The molecule has 112 valence electrons. The molecule has 0 bridgehead atoms. The van der Waals surface area contributed by atoms with E-state index in [1.807, 2.05) is 18.3 Å². The number of hydrogen-bond acceptors (Lipinski definition) is 2. The Morgan fingerprint density at radius 3 is 3.05 bits per heavy atom. The molecular weight excluding hydrogens is 332 g/mol. The van der Waals surface area contributed by atoms with Crippen LogP contribution < -0.4 is 0 Å². The van der Waals surface area contributed by atoms with E-state index in [-0.39, 0.29) is 6.04 Å². The van der Waals surface area contributed by atoms with E-state index in [1.54, 1.807) is 0 Å². The highest BCUT2D eigenvalue weighted by Crippen LogP contribution is 2.26. The molecule has 1 fully saturated rings. The van der Waals surface area contributed by atoms with E-state index in [0.29, 0.717) is 6.54 Å². The third kappa shape index (κ3) is 3.14. The summed E-state index contributed by atoms with van der Waals surface area (Å²) in [5.41, 5.74) is 2.26. The first-order valence-corrected chi connectivity index (χ1v) is 8.17. The maximum atomic E-state index is 11.5. The predicted octanol–water partition coefficient (Wildman–Crippen LogP) is 3.76. The monoisotopic (exact) mass is 350 g/mol. The zero-order valence-corrected chi connectivity index (χ0v) is 13.4. The fourth-order valence-electron chi connectivity index (χ4n) is 3.14. The molecular formula is C16H19BrN2O2. The largest absolute Gasteiger partial charge is 0.480 e. The fraction of sp³-hybridized carbons (Fsp3) is 0.438. The van der Waals surface area contributed by atoms with Crippen LogP contribution in [0.25, 0.3) is 10.9 Å². The number of benzene rings is 1. The lowest BCUT2D eigenvalue weighted by atomic mass is 10.1. The number of fused-ring (bicyclic) bond motifs is 1. The molecule has 0 aliphatic carbocycles. The van der Waals surface area contributed by atoms with E-state index in [2.05, 4.69) is 31.9 Å². The van der Waals surface area contributed by atoms with Crippen LogP contribution in [0.15, 0.2) is 28.9 Å². The zero-order valence-electron chi connectivity index (χ0n) is 11.8. The number of carboxylic acid groups (broad SMARTS) is 1. The van der Waals surface area contributed by atoms with E-state index in [9.17, 15) is 9.90 Å². The molecule has 1 aromatic carbocycles. The second kappa shape index (κ2) is 6.20. The average molecular weight is 351 g/mol. The number of hydrogen-bond donors (Lipinski definition) is 2. The quantitative estimate of drug-likeness (QED) is 0.885. The number of aliphatic carboxylic acids is 1. The minimum atomic E-state index is -0.696. The molecule has 1 atom stereocenters. The normalized spacial score (nSPS) is 20.5. The molecule has 21 heavy (non-hydrogen) atoms. The molecule has 1 aromatic heterocycles. The summed E-state index contributed by atoms with van der Waals surface area (Å²) < 4.78 is 1.04. The number of halogens is 1. The van der Waals surface area contributed by atoms with Crippen LogP contribution in [0.4, 0.5) is 0 Å². The van der Waals surface area contributed by atoms with Gasteiger partial charge in [-0.3, -0.25) is 9.69 Å². The molecule has 2 N–H and O–H groups in total. The molecule has 1 unspecified atom stereocenters. The van der Waals surface area contributed by atoms with Crippen molar-refractivity contribution in [1.82, 2.24) is 9.88 Å². The van der Waals surface area contributed by atoms with Gasteiger partial charge >= 0.3 is 5.97 Å². The van der Waals surface area contributed by atoms with Crippen molar-refractivity contribution in [2.75, 3.05) is 6.54 Å². The first-order chi connectivity index (χ1) is 10.1. The van der Waals surface area contributed by atoms with Crippen molar-refractivity contribution in [3.05, 3.63) is 34.4 Å². The van der Waals surface area contributed by atoms with Gasteiger partial charge in [-0.15, -0.1) is 0 Å². The highest BCUT2D eigenvalue weighted by Gasteiger charge is 2.27. The number of nitrogens with zero attached hydrogens (tertiary/aromatic N) is 1. The molecule has 1 aliphatic heterocycles. The van der Waals surface area contributed by atoms with Crippen molar-refractivity contribution in [3.8, 4) is 0 Å². The van der Waals surface area contributed by atoms with Crippen LogP contribution in [-0.4, -0.2) is 33.5 Å². The fourth-order valence-corrected chi connectivity index (χ4v) is 3.50. The predicted molar refractivity (Wildman–Crippen MR) is 86.3 cm³/mol. The van der Waals surface area contributed by atoms with Gasteiger partial charge in [0.15, 0.2) is 0 Å². The molecule has 0 spiro atoms. The highest BCUT2D eigenvalue weighted by molar-refractivity contribution is 9.10. The second-order valence-electron chi connectivity index (χ2n) is 5.68. The van der Waals surface area contributed by atoms with Crippen molar-refractivity contribution in [2.45, 2.75) is 38.3 Å². The summed E-state index contributed by atoms with van der Waals surface area (Å²) in [5.74, 6) is -0.696. The number of H-pyrrole nitrogens is 1. The number of aromatic amines is 1. The van der Waals surface area contributed by atoms with Crippen LogP contribution >= 0.6 is 15.9 Å². The summed E-state index contributed by atoms with van der Waals surface area (Å²) in [5, 5.41) is 10.6. The lowest BCUT2D eigenvalue weighted by Gasteiger charge is -2.26. The highest BCUT2D eigenvalue weighted by atomic mass is 79.9. The van der Waals surface area contributed by atoms with Gasteiger partial charge in [-0.05, 0) is 43.1 Å². The van der Waals surface area contributed by atoms with Crippen LogP contribution in [0.5, 0.6) is 0 Å². The van der Waals surface area contributed by atoms with Gasteiger partial charge in [-0.25, -0.2) is 0 Å². The summed E-state index contributed by atoms with van der Waals surface area (Å²) >= 11 is 3.50. The van der Waals surface area contributed by atoms with Gasteiger partial charge in [-0.1, -0.05) is 28.8 Å². The second-order valence-corrected chi connectivity index (χ2v) is 6.59. The van der Waals surface area contributed by atoms with Gasteiger partial charge in [0.1, 0.15) is 6.04 Å². The smallest absolute Gasteiger partial charge is 0.320 e. The average Bonchev–Trinajstić information content (AvgIpc) is 2.69. The van der Waals surface area contributed by atoms with Crippen molar-refractivity contribution in [3.63, 3.8) is 0 Å². The van der Waals surface area contributed by atoms with E-state index in [0.717, 1.165) is 47.6 Å². The number of carbonyl (C=O) groups is 1. The molecule has 1 aliphatic rings. The van der Waals surface area contributed by atoms with Gasteiger partial charge in [0, 0.05) is 28.1 Å². The number of aromatic nitrogens is 1. The van der Waals surface area contributed by atoms with Gasteiger partial charge in [-0.2, -0.15) is 0 Å². The minimum absolute atomic E-state index is 0.357. The Hall–Kier alpha value is -1.33. The third-order valence-corrected chi connectivity index (χ3v) is 4.74. The summed E-state index contributed by atoms with van der Waals surface area (Å²) in [4.78, 5) is 16.9. The lowest BCUT2D eigenvalue weighted by Crippen LogP contribution is -2.40. The van der Waals surface area contributed by atoms with Crippen LogP contribution in [0.3, 0.4) is 0 Å². The maximum absolute atomic E-state index is 11.5. The van der Waals surface area contributed by atoms with Gasteiger partial charge in [0.05, 0.1) is 0 Å². The van der Waals surface area contributed by atoms with Crippen LogP contribution in [0.2, 0.25) is 0 Å². The van der Waals surface area contributed by atoms with E-state index < -0.39 is 5.97 Å². The Balaban J connectivity index is 1.88. The molecule has 0 radical (unpaired) electrons. The van der Waals surface area contributed by atoms with Gasteiger partial charge in [0.2, 0.25) is 0 Å². The Labute approximate surface area is 132 Å². The molecule has 1 saturated heterocycles. The molecule has 5 heteroatoms. The maximum Gasteiger partial charge on any atom is 0.320 e. The van der Waals surface area contributed by atoms with Crippen molar-refractivity contribution in [1.29, 1.82) is 0 Å². The van der Waals surface area contributed by atoms with Crippen molar-refractivity contribution >= 4 is 32.8 Å². The third-order valence-electron chi connectivity index (χ3n) is 4.25. The van der Waals surface area contributed by atoms with E-state index in [4.69, 9.17) is 0 Å². The van der Waals surface area contributed by atoms with Crippen molar-refractivity contribution < 1.29 is 9.90 Å². The number of carboxylic acids is 1. The number of rotatable bonds is 3. The summed E-state index contributed by atoms with van der Waals surface area (Å²) in [6.07, 6.45) is 5.96. The van der Waals surface area contributed by atoms with Gasteiger partial charge < -0.3 is 10.1 Å². The topological polar surface area (TPSA) is 56.3 Å². The van der Waals surface area contributed by atoms with Crippen LogP contribution in [0, 0.1) is 0 Å². The molecule has 0 saturated carbocycles. The molecule has 2 heterocycles. The van der Waals surface area contributed by atoms with E-state index in [1.165, 1.54) is 5.56 Å². The Bertz CT molecular complexity index is 653. The lowest BCUT2D eigenvalue weighted by molar-refractivity contribution is -0.143. The Morgan fingerprint density at radius 2 is 2.24 bits per heavy atom. The van der Waals surface area contributed by atoms with Crippen LogP contribution in [0.1, 0.15) is 31.2 Å². The Morgan fingerprint density at radius 1 is 1.38 bits per heavy atom. The van der Waals surface area contributed by atoms with Crippen LogP contribution in [-0.2, 0) is 11.3 Å². The van der Waals surface area contributed by atoms with Crippen molar-refractivity contribution in [2.24, 2.45) is 0 Å².